The lowest BCUT2D eigenvalue weighted by molar-refractivity contribution is 0.0827. The van der Waals surface area contributed by atoms with E-state index in [4.69, 9.17) is 21.4 Å². The van der Waals surface area contributed by atoms with Gasteiger partial charge in [-0.2, -0.15) is 0 Å². The van der Waals surface area contributed by atoms with E-state index in [1.54, 1.807) is 0 Å². The highest BCUT2D eigenvalue weighted by Gasteiger charge is 2.41. The van der Waals surface area contributed by atoms with Gasteiger partial charge in [0.25, 0.3) is 5.91 Å². The van der Waals surface area contributed by atoms with Gasteiger partial charge in [-0.3, -0.25) is 9.69 Å². The van der Waals surface area contributed by atoms with E-state index in [0.29, 0.717) is 30.8 Å². The van der Waals surface area contributed by atoms with Crippen LogP contribution >= 0.6 is 11.6 Å². The molecule has 0 saturated carbocycles. The lowest BCUT2D eigenvalue weighted by Crippen LogP contribution is -2.50. The summed E-state index contributed by atoms with van der Waals surface area (Å²) in [5.74, 6) is 0.202. The summed E-state index contributed by atoms with van der Waals surface area (Å²) in [4.78, 5) is 17.4. The number of rotatable bonds is 10. The Kier molecular flexibility index (Phi) is 8.88. The Morgan fingerprint density at radius 1 is 1.17 bits per heavy atom. The quantitative estimate of drug-likeness (QED) is 0.491. The minimum absolute atomic E-state index is 0.0337. The number of likely N-dealkylation sites (N-methyl/N-ethyl adjacent to an activating group) is 1. The molecule has 8 heteroatoms. The third-order valence-corrected chi connectivity index (χ3v) is 8.11. The van der Waals surface area contributed by atoms with Crippen molar-refractivity contribution in [2.24, 2.45) is 0 Å². The molecular weight excluding hydrogens is 481 g/mol. The van der Waals surface area contributed by atoms with Gasteiger partial charge in [-0.05, 0) is 87.5 Å². The first-order valence-corrected chi connectivity index (χ1v) is 13.2. The Bertz CT molecular complexity index is 1070. The van der Waals surface area contributed by atoms with Gasteiger partial charge >= 0.3 is 0 Å². The summed E-state index contributed by atoms with van der Waals surface area (Å²) in [6.07, 6.45) is 4.11. The molecule has 2 fully saturated rings. The molecule has 2 aromatic rings. The SMILES string of the molecule is Cc1c(CN2C3CCC2CC(NC(=O)c2ccc(F)c(Cl)c2)C3)ccc(OCCN(C)CCO)c1C. The number of benzene rings is 2. The number of amides is 1. The minimum atomic E-state index is -0.518. The molecule has 2 aliphatic rings. The van der Waals surface area contributed by atoms with Crippen molar-refractivity contribution >= 4 is 17.5 Å². The molecule has 0 aromatic heterocycles. The summed E-state index contributed by atoms with van der Waals surface area (Å²) >= 11 is 5.86. The fourth-order valence-corrected chi connectivity index (χ4v) is 5.71. The third kappa shape index (κ3) is 6.20. The van der Waals surface area contributed by atoms with Crippen molar-refractivity contribution in [3.8, 4) is 5.75 Å². The first-order valence-electron chi connectivity index (χ1n) is 12.8. The number of carbonyl (C=O) groups excluding carboxylic acids is 1. The smallest absolute Gasteiger partial charge is 0.251 e. The Balaban J connectivity index is 1.34. The van der Waals surface area contributed by atoms with Gasteiger partial charge in [0.15, 0.2) is 0 Å². The summed E-state index contributed by atoms with van der Waals surface area (Å²) in [6, 6.07) is 9.34. The number of fused-ring (bicyclic) bond motifs is 2. The second-order valence-electron chi connectivity index (χ2n) is 10.2. The molecule has 1 amide bonds. The second-order valence-corrected chi connectivity index (χ2v) is 10.6. The van der Waals surface area contributed by atoms with Crippen LogP contribution in [0.2, 0.25) is 5.02 Å². The molecule has 0 spiro atoms. The number of aliphatic hydroxyl groups excluding tert-OH is 1. The maximum atomic E-state index is 13.5. The molecular formula is C28H37ClFN3O3. The van der Waals surface area contributed by atoms with Gasteiger partial charge < -0.3 is 20.1 Å². The number of carbonyl (C=O) groups is 1. The zero-order valence-corrected chi connectivity index (χ0v) is 22.2. The zero-order chi connectivity index (χ0) is 25.8. The first kappa shape index (κ1) is 26.9. The summed E-state index contributed by atoms with van der Waals surface area (Å²) in [6.45, 7) is 7.33. The number of aliphatic hydroxyl groups is 1. The molecule has 2 aliphatic heterocycles. The van der Waals surface area contributed by atoms with Gasteiger partial charge in [0.1, 0.15) is 18.2 Å². The number of nitrogens with one attached hydrogen (secondary N) is 1. The molecule has 4 rings (SSSR count). The standard InChI is InChI=1S/C28H37ClFN3O3/c1-18-19(2)27(36-13-11-32(3)10-12-34)9-5-21(18)17-33-23-6-7-24(33)16-22(15-23)31-28(35)20-4-8-26(30)25(29)14-20/h4-5,8-9,14,22-24,34H,6-7,10-13,15-17H2,1-3H3,(H,31,35). The van der Waals surface area contributed by atoms with E-state index < -0.39 is 5.82 Å². The van der Waals surface area contributed by atoms with Gasteiger partial charge in [0, 0.05) is 43.3 Å². The minimum Gasteiger partial charge on any atom is -0.492 e. The van der Waals surface area contributed by atoms with Crippen LogP contribution in [-0.4, -0.2) is 72.3 Å². The Morgan fingerprint density at radius 3 is 2.56 bits per heavy atom. The van der Waals surface area contributed by atoms with Crippen molar-refractivity contribution in [1.82, 2.24) is 15.1 Å². The van der Waals surface area contributed by atoms with Crippen molar-refractivity contribution < 1.29 is 19.0 Å². The van der Waals surface area contributed by atoms with Gasteiger partial charge in [0.05, 0.1) is 11.6 Å². The van der Waals surface area contributed by atoms with Crippen LogP contribution in [0.1, 0.15) is 52.7 Å². The van der Waals surface area contributed by atoms with E-state index in [1.807, 2.05) is 11.9 Å². The molecule has 36 heavy (non-hydrogen) atoms. The number of nitrogens with zero attached hydrogens (tertiary/aromatic N) is 2. The molecule has 0 aliphatic carbocycles. The van der Waals surface area contributed by atoms with Crippen molar-refractivity contribution in [2.45, 2.75) is 64.2 Å². The van der Waals surface area contributed by atoms with Crippen molar-refractivity contribution in [1.29, 1.82) is 0 Å². The largest absolute Gasteiger partial charge is 0.492 e. The summed E-state index contributed by atoms with van der Waals surface area (Å²) in [5.41, 5.74) is 4.14. The average molecular weight is 518 g/mol. The monoisotopic (exact) mass is 517 g/mol. The van der Waals surface area contributed by atoms with E-state index in [1.165, 1.54) is 34.9 Å². The number of piperidine rings is 1. The number of hydrogen-bond acceptors (Lipinski definition) is 5. The number of ether oxygens (including phenoxy) is 1. The highest BCUT2D eigenvalue weighted by atomic mass is 35.5. The van der Waals surface area contributed by atoms with E-state index in [0.717, 1.165) is 44.5 Å². The molecule has 2 unspecified atom stereocenters. The molecule has 2 aromatic carbocycles. The summed E-state index contributed by atoms with van der Waals surface area (Å²) in [7, 11) is 1.97. The van der Waals surface area contributed by atoms with Gasteiger partial charge in [-0.1, -0.05) is 17.7 Å². The normalized spacial score (nSPS) is 21.7. The molecule has 196 valence electrons. The Labute approximate surface area is 218 Å². The zero-order valence-electron chi connectivity index (χ0n) is 21.4. The van der Waals surface area contributed by atoms with Crippen LogP contribution in [0, 0.1) is 19.7 Å². The molecule has 2 atom stereocenters. The van der Waals surface area contributed by atoms with Gasteiger partial charge in [-0.25, -0.2) is 4.39 Å². The average Bonchev–Trinajstić information content (AvgIpc) is 3.07. The molecule has 2 bridgehead atoms. The van der Waals surface area contributed by atoms with Crippen LogP contribution in [0.4, 0.5) is 4.39 Å². The fraction of sp³-hybridized carbons (Fsp3) is 0.536. The third-order valence-electron chi connectivity index (χ3n) is 7.82. The van der Waals surface area contributed by atoms with Crippen LogP contribution in [0.5, 0.6) is 5.75 Å². The van der Waals surface area contributed by atoms with Crippen molar-refractivity contribution in [3.05, 3.63) is 63.4 Å². The van der Waals surface area contributed by atoms with Gasteiger partial charge in [-0.15, -0.1) is 0 Å². The topological polar surface area (TPSA) is 65.0 Å². The molecule has 6 nitrogen and oxygen atoms in total. The summed E-state index contributed by atoms with van der Waals surface area (Å²) < 4.78 is 19.5. The predicted octanol–water partition coefficient (Wildman–Crippen LogP) is 4.32. The van der Waals surface area contributed by atoms with Crippen LogP contribution < -0.4 is 10.1 Å². The second kappa shape index (κ2) is 11.9. The lowest BCUT2D eigenvalue weighted by atomic mass is 9.94. The van der Waals surface area contributed by atoms with E-state index in [-0.39, 0.29) is 23.6 Å². The van der Waals surface area contributed by atoms with Crippen LogP contribution in [-0.2, 0) is 6.54 Å². The predicted molar refractivity (Wildman–Crippen MR) is 140 cm³/mol. The first-order chi connectivity index (χ1) is 17.3. The lowest BCUT2D eigenvalue weighted by Gasteiger charge is -2.39. The van der Waals surface area contributed by atoms with E-state index >= 15 is 0 Å². The maximum absolute atomic E-state index is 13.5. The highest BCUT2D eigenvalue weighted by Crippen LogP contribution is 2.38. The van der Waals surface area contributed by atoms with E-state index in [2.05, 4.69) is 36.2 Å². The van der Waals surface area contributed by atoms with Crippen LogP contribution in [0.3, 0.4) is 0 Å². The maximum Gasteiger partial charge on any atom is 0.251 e. The molecule has 2 N–H and O–H groups in total. The van der Waals surface area contributed by atoms with Crippen molar-refractivity contribution in [2.75, 3.05) is 33.4 Å². The molecule has 0 radical (unpaired) electrons. The number of hydrogen-bond donors (Lipinski definition) is 2. The van der Waals surface area contributed by atoms with E-state index in [9.17, 15) is 9.18 Å². The Hall–Kier alpha value is -2.19. The van der Waals surface area contributed by atoms with Crippen LogP contribution in [0.15, 0.2) is 30.3 Å². The van der Waals surface area contributed by atoms with Gasteiger partial charge in [0.2, 0.25) is 0 Å². The molecule has 2 saturated heterocycles. The molecule has 2 heterocycles. The Morgan fingerprint density at radius 2 is 1.89 bits per heavy atom. The summed E-state index contributed by atoms with van der Waals surface area (Å²) in [5, 5.41) is 12.2. The van der Waals surface area contributed by atoms with Crippen molar-refractivity contribution in [3.63, 3.8) is 0 Å². The fourth-order valence-electron chi connectivity index (χ4n) is 5.53. The highest BCUT2D eigenvalue weighted by molar-refractivity contribution is 6.31. The number of halogens is 2. The van der Waals surface area contributed by atoms with Crippen LogP contribution in [0.25, 0.3) is 0 Å².